The molecule has 31 heavy (non-hydrogen) atoms. The highest BCUT2D eigenvalue weighted by molar-refractivity contribution is 6.10. The molecule has 2 fully saturated rings. The topological polar surface area (TPSA) is 90.9 Å². The highest BCUT2D eigenvalue weighted by Crippen LogP contribution is 2.35. The zero-order valence-electron chi connectivity index (χ0n) is 18.0. The van der Waals surface area contributed by atoms with Crippen molar-refractivity contribution in [3.05, 3.63) is 41.1 Å². The van der Waals surface area contributed by atoms with Crippen LogP contribution in [0.4, 0.5) is 22.2 Å². The molecule has 0 aliphatic carbocycles. The molecular weight excluding hydrogens is 396 g/mol. The predicted molar refractivity (Wildman–Crippen MR) is 116 cm³/mol. The Morgan fingerprint density at radius 3 is 2.55 bits per heavy atom. The summed E-state index contributed by atoms with van der Waals surface area (Å²) in [5.74, 6) is 1.75. The Bertz CT molecular complexity index is 1070. The van der Waals surface area contributed by atoms with Crippen molar-refractivity contribution in [1.82, 2.24) is 15.3 Å². The van der Waals surface area contributed by atoms with Gasteiger partial charge in [-0.2, -0.15) is 0 Å². The van der Waals surface area contributed by atoms with Crippen LogP contribution in [0, 0.1) is 0 Å². The van der Waals surface area contributed by atoms with Crippen molar-refractivity contribution in [3.63, 3.8) is 0 Å². The number of anilines is 3. The molecule has 5 heterocycles. The highest BCUT2D eigenvalue weighted by Gasteiger charge is 2.42. The fourth-order valence-corrected chi connectivity index (χ4v) is 4.26. The zero-order valence-corrected chi connectivity index (χ0v) is 18.0. The van der Waals surface area contributed by atoms with Gasteiger partial charge in [-0.3, -0.25) is 14.6 Å². The first-order valence-corrected chi connectivity index (χ1v) is 10.6. The molecule has 0 unspecified atom stereocenters. The number of pyridine rings is 2. The first-order valence-electron chi connectivity index (χ1n) is 10.6. The molecule has 5 rings (SSSR count). The van der Waals surface area contributed by atoms with Gasteiger partial charge >= 0.3 is 6.09 Å². The van der Waals surface area contributed by atoms with Crippen molar-refractivity contribution in [2.24, 2.45) is 0 Å². The molecule has 0 radical (unpaired) electrons. The van der Waals surface area contributed by atoms with Gasteiger partial charge in [0.05, 0.1) is 23.3 Å². The van der Waals surface area contributed by atoms with E-state index < -0.39 is 11.6 Å². The summed E-state index contributed by atoms with van der Waals surface area (Å²) in [7, 11) is 1.88. The number of hydrogen-bond donors (Lipinski definition) is 1. The molecule has 0 bridgehead atoms. The average molecular weight is 422 g/mol. The van der Waals surface area contributed by atoms with Crippen LogP contribution in [0.5, 0.6) is 0 Å². The van der Waals surface area contributed by atoms with Gasteiger partial charge in [0.1, 0.15) is 24.1 Å². The lowest BCUT2D eigenvalue weighted by atomic mass is 10.1. The number of hydrogen-bond acceptors (Lipinski definition) is 7. The van der Waals surface area contributed by atoms with Crippen LogP contribution in [0.25, 0.3) is 0 Å². The molecule has 2 saturated heterocycles. The van der Waals surface area contributed by atoms with Gasteiger partial charge in [-0.1, -0.05) is 6.07 Å². The third-order valence-electron chi connectivity index (χ3n) is 6.07. The lowest BCUT2D eigenvalue weighted by Crippen LogP contribution is -2.42. The number of aromatic nitrogens is 2. The first-order chi connectivity index (χ1) is 14.9. The number of fused-ring (bicyclic) bond motifs is 1. The van der Waals surface area contributed by atoms with E-state index >= 15 is 0 Å². The number of cyclic esters (lactones) is 1. The maximum Gasteiger partial charge on any atom is 0.416 e. The van der Waals surface area contributed by atoms with Gasteiger partial charge in [0.15, 0.2) is 0 Å². The SMILES string of the molecule is CNCc1nc(N2CCC2)cc2c1CN(c1cccc(N3C(=O)OCC3(C)C)n1)C2=O. The number of amides is 2. The van der Waals surface area contributed by atoms with Crippen molar-refractivity contribution < 1.29 is 14.3 Å². The van der Waals surface area contributed by atoms with Gasteiger partial charge in [-0.25, -0.2) is 14.8 Å². The van der Waals surface area contributed by atoms with Gasteiger partial charge in [-0.05, 0) is 45.5 Å². The Balaban J connectivity index is 1.50. The summed E-state index contributed by atoms with van der Waals surface area (Å²) in [6.07, 6.45) is 0.719. The highest BCUT2D eigenvalue weighted by atomic mass is 16.6. The molecule has 3 aliphatic heterocycles. The maximum absolute atomic E-state index is 13.4. The third-order valence-corrected chi connectivity index (χ3v) is 6.07. The summed E-state index contributed by atoms with van der Waals surface area (Å²) < 4.78 is 5.21. The van der Waals surface area contributed by atoms with E-state index in [4.69, 9.17) is 9.72 Å². The van der Waals surface area contributed by atoms with Gasteiger partial charge in [-0.15, -0.1) is 0 Å². The monoisotopic (exact) mass is 422 g/mol. The van der Waals surface area contributed by atoms with Crippen molar-refractivity contribution >= 4 is 29.5 Å². The third kappa shape index (κ3) is 3.20. The summed E-state index contributed by atoms with van der Waals surface area (Å²) >= 11 is 0. The number of ether oxygens (including phenoxy) is 1. The summed E-state index contributed by atoms with van der Waals surface area (Å²) in [6.45, 7) is 7.08. The van der Waals surface area contributed by atoms with Crippen LogP contribution in [0.15, 0.2) is 24.3 Å². The fraction of sp³-hybridized carbons (Fsp3) is 0.455. The molecule has 0 saturated carbocycles. The van der Waals surface area contributed by atoms with Crippen molar-refractivity contribution in [2.75, 3.05) is 41.4 Å². The fourth-order valence-electron chi connectivity index (χ4n) is 4.26. The number of nitrogens with one attached hydrogen (secondary N) is 1. The molecule has 0 aromatic carbocycles. The molecule has 9 nitrogen and oxygen atoms in total. The Morgan fingerprint density at radius 1 is 1.13 bits per heavy atom. The second kappa shape index (κ2) is 7.19. The van der Waals surface area contributed by atoms with Crippen LogP contribution in [0.2, 0.25) is 0 Å². The standard InChI is InChI=1S/C22H26N6O3/c1-22(2)13-31-21(30)28(22)18-7-4-6-17(25-18)27-12-15-14(20(27)29)10-19(26-8-5-9-26)24-16(15)11-23-3/h4,6-7,10,23H,5,8-9,11-13H2,1-3H3. The van der Waals surface area contributed by atoms with E-state index in [9.17, 15) is 9.59 Å². The van der Waals surface area contributed by atoms with Crippen molar-refractivity contribution in [2.45, 2.75) is 38.9 Å². The van der Waals surface area contributed by atoms with E-state index in [1.807, 2.05) is 33.0 Å². The zero-order chi connectivity index (χ0) is 21.8. The molecule has 162 valence electrons. The lowest BCUT2D eigenvalue weighted by Gasteiger charge is -2.32. The molecule has 2 aromatic rings. The van der Waals surface area contributed by atoms with Crippen LogP contribution in [0.1, 0.15) is 41.9 Å². The average Bonchev–Trinajstić information content (AvgIpc) is 3.17. The molecule has 3 aliphatic rings. The minimum absolute atomic E-state index is 0.0931. The van der Waals surface area contributed by atoms with E-state index in [1.165, 1.54) is 0 Å². The number of carbonyl (C=O) groups excluding carboxylic acids is 2. The summed E-state index contributed by atoms with van der Waals surface area (Å²) in [5, 5.41) is 3.16. The molecular formula is C22H26N6O3. The molecule has 0 atom stereocenters. The first kappa shape index (κ1) is 19.7. The van der Waals surface area contributed by atoms with Crippen LogP contribution in [-0.2, 0) is 17.8 Å². The second-order valence-corrected chi connectivity index (χ2v) is 8.77. The molecule has 1 N–H and O–H groups in total. The Kier molecular flexibility index (Phi) is 4.58. The Labute approximate surface area is 181 Å². The van der Waals surface area contributed by atoms with Crippen molar-refractivity contribution in [3.8, 4) is 0 Å². The molecule has 9 heteroatoms. The van der Waals surface area contributed by atoms with Crippen LogP contribution in [-0.4, -0.2) is 54.3 Å². The van der Waals surface area contributed by atoms with Crippen LogP contribution >= 0.6 is 0 Å². The quantitative estimate of drug-likeness (QED) is 0.791. The number of rotatable bonds is 5. The van der Waals surface area contributed by atoms with E-state index in [1.54, 1.807) is 21.9 Å². The number of carbonyl (C=O) groups is 2. The minimum atomic E-state index is -0.503. The Morgan fingerprint density at radius 2 is 1.90 bits per heavy atom. The van der Waals surface area contributed by atoms with E-state index in [2.05, 4.69) is 15.2 Å². The van der Waals surface area contributed by atoms with E-state index in [0.717, 1.165) is 36.6 Å². The Hall–Kier alpha value is -3.20. The normalized spacial score (nSPS) is 19.5. The van der Waals surface area contributed by atoms with Crippen molar-refractivity contribution in [1.29, 1.82) is 0 Å². The smallest absolute Gasteiger partial charge is 0.416 e. The van der Waals surface area contributed by atoms with Gasteiger partial charge < -0.3 is 15.0 Å². The molecule has 0 spiro atoms. The summed E-state index contributed by atoms with van der Waals surface area (Å²) in [6, 6.07) is 7.28. The number of nitrogens with zero attached hydrogens (tertiary/aromatic N) is 5. The largest absolute Gasteiger partial charge is 0.447 e. The summed E-state index contributed by atoms with van der Waals surface area (Å²) in [4.78, 5) is 40.5. The maximum atomic E-state index is 13.4. The van der Waals surface area contributed by atoms with Crippen LogP contribution in [0.3, 0.4) is 0 Å². The molecule has 2 amide bonds. The van der Waals surface area contributed by atoms with Crippen LogP contribution < -0.4 is 20.0 Å². The lowest BCUT2D eigenvalue weighted by molar-refractivity contribution is 0.0996. The minimum Gasteiger partial charge on any atom is -0.447 e. The van der Waals surface area contributed by atoms with Gasteiger partial charge in [0.2, 0.25) is 0 Å². The molecule has 2 aromatic heterocycles. The van der Waals surface area contributed by atoms with E-state index in [-0.39, 0.29) is 5.91 Å². The van der Waals surface area contributed by atoms with Gasteiger partial charge in [0, 0.05) is 25.2 Å². The van der Waals surface area contributed by atoms with Gasteiger partial charge in [0.25, 0.3) is 5.91 Å². The predicted octanol–water partition coefficient (Wildman–Crippen LogP) is 2.30. The summed E-state index contributed by atoms with van der Waals surface area (Å²) in [5.41, 5.74) is 1.99. The second-order valence-electron chi connectivity index (χ2n) is 8.77. The van der Waals surface area contributed by atoms with E-state index in [0.29, 0.717) is 36.9 Å².